The highest BCUT2D eigenvalue weighted by molar-refractivity contribution is 7.85. The average Bonchev–Trinajstić information content (AvgIpc) is 2.58. The lowest BCUT2D eigenvalue weighted by Crippen LogP contribution is -2.04. The summed E-state index contributed by atoms with van der Waals surface area (Å²) in [4.78, 5) is 4.29. The van der Waals surface area contributed by atoms with Crippen molar-refractivity contribution in [2.75, 3.05) is 5.75 Å². The predicted octanol–water partition coefficient (Wildman–Crippen LogP) is 2.27. The summed E-state index contributed by atoms with van der Waals surface area (Å²) in [7, 11) is -3.91. The molecule has 2 rings (SSSR count). The first-order valence-electron chi connectivity index (χ1n) is 5.67. The van der Waals surface area contributed by atoms with Crippen LogP contribution in [0.1, 0.15) is 23.4 Å². The molecule has 0 aliphatic carbocycles. The Kier molecular flexibility index (Phi) is 3.41. The highest BCUT2D eigenvalue weighted by Crippen LogP contribution is 2.20. The zero-order valence-corrected chi connectivity index (χ0v) is 11.1. The van der Waals surface area contributed by atoms with Gasteiger partial charge in [-0.1, -0.05) is 0 Å². The van der Waals surface area contributed by atoms with E-state index in [1.54, 1.807) is 0 Å². The number of fused-ring (bicyclic) bond motifs is 1. The Morgan fingerprint density at radius 3 is 2.61 bits per heavy atom. The Labute approximate surface area is 106 Å². The highest BCUT2D eigenvalue weighted by atomic mass is 32.2. The van der Waals surface area contributed by atoms with E-state index in [-0.39, 0.29) is 5.75 Å². The number of aromatic nitrogens is 1. The molecule has 1 heterocycles. The van der Waals surface area contributed by atoms with Crippen molar-refractivity contribution in [3.8, 4) is 0 Å². The number of aryl methyl sites for hydroxylation is 3. The van der Waals surface area contributed by atoms with E-state index in [1.165, 1.54) is 0 Å². The molecule has 6 heteroatoms. The van der Waals surface area contributed by atoms with Crippen LogP contribution in [-0.4, -0.2) is 23.7 Å². The zero-order valence-electron chi connectivity index (χ0n) is 10.3. The predicted molar refractivity (Wildman–Crippen MR) is 68.2 cm³/mol. The molecule has 0 radical (unpaired) electrons. The van der Waals surface area contributed by atoms with E-state index >= 15 is 0 Å². The molecule has 2 aromatic rings. The van der Waals surface area contributed by atoms with Crippen LogP contribution in [0, 0.1) is 13.8 Å². The largest absolute Gasteiger partial charge is 0.441 e. The van der Waals surface area contributed by atoms with Crippen molar-refractivity contribution < 1.29 is 17.4 Å². The average molecular weight is 269 g/mol. The summed E-state index contributed by atoms with van der Waals surface area (Å²) in [5, 5.41) is 0. The minimum atomic E-state index is -3.91. The second-order valence-electron chi connectivity index (χ2n) is 4.40. The quantitative estimate of drug-likeness (QED) is 0.861. The van der Waals surface area contributed by atoms with Crippen LogP contribution in [0.2, 0.25) is 0 Å². The number of nitrogens with zero attached hydrogens (tertiary/aromatic N) is 1. The van der Waals surface area contributed by atoms with Gasteiger partial charge >= 0.3 is 0 Å². The third-order valence-corrected chi connectivity index (χ3v) is 3.65. The van der Waals surface area contributed by atoms with Crippen molar-refractivity contribution in [3.63, 3.8) is 0 Å². The first-order chi connectivity index (χ1) is 8.35. The van der Waals surface area contributed by atoms with Gasteiger partial charge in [-0.3, -0.25) is 4.55 Å². The summed E-state index contributed by atoms with van der Waals surface area (Å²) in [5.74, 6) is 0.225. The van der Waals surface area contributed by atoms with Gasteiger partial charge in [0.25, 0.3) is 10.1 Å². The summed E-state index contributed by atoms with van der Waals surface area (Å²) < 4.78 is 35.3. The first-order valence-corrected chi connectivity index (χ1v) is 7.28. The molecule has 1 aromatic carbocycles. The number of hydrogen-bond acceptors (Lipinski definition) is 4. The van der Waals surface area contributed by atoms with Gasteiger partial charge in [0, 0.05) is 6.42 Å². The van der Waals surface area contributed by atoms with Gasteiger partial charge in [0.1, 0.15) is 5.52 Å². The van der Waals surface area contributed by atoms with E-state index in [1.807, 2.05) is 26.0 Å². The maximum Gasteiger partial charge on any atom is 0.264 e. The summed E-state index contributed by atoms with van der Waals surface area (Å²) in [5.41, 5.74) is 3.75. The van der Waals surface area contributed by atoms with Crippen molar-refractivity contribution in [2.45, 2.75) is 26.7 Å². The van der Waals surface area contributed by atoms with Crippen molar-refractivity contribution in [1.29, 1.82) is 0 Å². The van der Waals surface area contributed by atoms with E-state index in [4.69, 9.17) is 8.97 Å². The van der Waals surface area contributed by atoms with E-state index in [2.05, 4.69) is 4.98 Å². The molecule has 0 saturated heterocycles. The van der Waals surface area contributed by atoms with Gasteiger partial charge in [0.15, 0.2) is 11.5 Å². The molecule has 0 atom stereocenters. The minimum Gasteiger partial charge on any atom is -0.441 e. The first kappa shape index (κ1) is 13.0. The topological polar surface area (TPSA) is 80.4 Å². The lowest BCUT2D eigenvalue weighted by molar-refractivity contribution is 0.477. The molecule has 0 aliphatic heterocycles. The Bertz CT molecular complexity index is 634. The molecule has 0 fully saturated rings. The molecule has 0 amide bonds. The van der Waals surface area contributed by atoms with Crippen LogP contribution >= 0.6 is 0 Å². The van der Waals surface area contributed by atoms with Crippen LogP contribution in [0.25, 0.3) is 11.1 Å². The van der Waals surface area contributed by atoms with Crippen LogP contribution in [0.15, 0.2) is 16.5 Å². The fourth-order valence-electron chi connectivity index (χ4n) is 1.74. The summed E-state index contributed by atoms with van der Waals surface area (Å²) in [6.45, 7) is 4.00. The lowest BCUT2D eigenvalue weighted by atomic mass is 10.1. The summed E-state index contributed by atoms with van der Waals surface area (Å²) in [6.07, 6.45) is 0.691. The van der Waals surface area contributed by atoms with Crippen LogP contribution < -0.4 is 0 Å². The molecular formula is C12H15NO4S. The Morgan fingerprint density at radius 2 is 1.94 bits per heavy atom. The third kappa shape index (κ3) is 3.08. The standard InChI is InChI=1S/C12H15NO4S/c1-8-6-10-11(7-9(8)2)17-12(13-10)4-3-5-18(14,15)16/h6-7H,3-5H2,1-2H3,(H,14,15,16). The second-order valence-corrected chi connectivity index (χ2v) is 5.97. The maximum absolute atomic E-state index is 10.6. The zero-order chi connectivity index (χ0) is 13.3. The van der Waals surface area contributed by atoms with Gasteiger partial charge in [-0.15, -0.1) is 0 Å². The fourth-order valence-corrected chi connectivity index (χ4v) is 2.25. The van der Waals surface area contributed by atoms with E-state index in [9.17, 15) is 8.42 Å². The second kappa shape index (κ2) is 4.70. The van der Waals surface area contributed by atoms with Crippen molar-refractivity contribution in [3.05, 3.63) is 29.2 Å². The molecule has 0 saturated carbocycles. The molecule has 0 bridgehead atoms. The SMILES string of the molecule is Cc1cc2nc(CCCS(=O)(=O)O)oc2cc1C. The van der Waals surface area contributed by atoms with Gasteiger partial charge in [-0.2, -0.15) is 8.42 Å². The maximum atomic E-state index is 10.6. The van der Waals surface area contributed by atoms with Gasteiger partial charge < -0.3 is 4.42 Å². The van der Waals surface area contributed by atoms with Gasteiger partial charge in [0.05, 0.1) is 5.75 Å². The molecule has 98 valence electrons. The molecule has 0 spiro atoms. The fraction of sp³-hybridized carbons (Fsp3) is 0.417. The third-order valence-electron chi connectivity index (χ3n) is 2.84. The molecule has 5 nitrogen and oxygen atoms in total. The number of benzene rings is 1. The van der Waals surface area contributed by atoms with Crippen LogP contribution in [0.4, 0.5) is 0 Å². The molecule has 18 heavy (non-hydrogen) atoms. The molecule has 1 aromatic heterocycles. The monoisotopic (exact) mass is 269 g/mol. The Morgan fingerprint density at radius 1 is 1.28 bits per heavy atom. The van der Waals surface area contributed by atoms with Gasteiger partial charge in [-0.05, 0) is 43.5 Å². The van der Waals surface area contributed by atoms with E-state index < -0.39 is 10.1 Å². The van der Waals surface area contributed by atoms with Crippen LogP contribution in [0.5, 0.6) is 0 Å². The van der Waals surface area contributed by atoms with E-state index in [0.717, 1.165) is 16.6 Å². The number of rotatable bonds is 4. The van der Waals surface area contributed by atoms with Crippen molar-refractivity contribution >= 4 is 21.2 Å². The summed E-state index contributed by atoms with van der Waals surface area (Å²) in [6, 6.07) is 3.87. The Balaban J connectivity index is 2.15. The summed E-state index contributed by atoms with van der Waals surface area (Å²) >= 11 is 0. The Hall–Kier alpha value is -1.40. The molecule has 0 aliphatic rings. The van der Waals surface area contributed by atoms with Crippen LogP contribution in [0.3, 0.4) is 0 Å². The van der Waals surface area contributed by atoms with E-state index in [0.29, 0.717) is 24.3 Å². The highest BCUT2D eigenvalue weighted by Gasteiger charge is 2.09. The van der Waals surface area contributed by atoms with Gasteiger partial charge in [0.2, 0.25) is 0 Å². The van der Waals surface area contributed by atoms with Crippen molar-refractivity contribution in [2.24, 2.45) is 0 Å². The van der Waals surface area contributed by atoms with Gasteiger partial charge in [-0.25, -0.2) is 4.98 Å². The minimum absolute atomic E-state index is 0.274. The normalized spacial score (nSPS) is 12.2. The lowest BCUT2D eigenvalue weighted by Gasteiger charge is -1.96. The van der Waals surface area contributed by atoms with Crippen LogP contribution in [-0.2, 0) is 16.5 Å². The molecular weight excluding hydrogens is 254 g/mol. The molecule has 0 unspecified atom stereocenters. The smallest absolute Gasteiger partial charge is 0.264 e. The molecule has 1 N–H and O–H groups in total. The van der Waals surface area contributed by atoms with Crippen molar-refractivity contribution in [1.82, 2.24) is 4.98 Å². The number of hydrogen-bond donors (Lipinski definition) is 1. The number of oxazole rings is 1.